The summed E-state index contributed by atoms with van der Waals surface area (Å²) < 4.78 is 8.30. The Labute approximate surface area is 177 Å². The van der Waals surface area contributed by atoms with Crippen molar-refractivity contribution in [2.45, 2.75) is 26.3 Å². The van der Waals surface area contributed by atoms with Crippen molar-refractivity contribution < 1.29 is 4.42 Å². The largest absolute Gasteiger partial charge is 0.465 e. The molecule has 0 bridgehead atoms. The number of halogens is 1. The van der Waals surface area contributed by atoms with E-state index in [9.17, 15) is 0 Å². The van der Waals surface area contributed by atoms with Crippen LogP contribution >= 0.6 is 15.9 Å². The smallest absolute Gasteiger partial charge is 0.156 e. The normalized spacial score (nSPS) is 11.6. The standard InChI is InChI=1S/C22H22BrN5O/c1-3-5-18-20-21(28(2)27-18)22(24-14-15-7-9-16(23)10-8-15)26-19(25-20)12-11-17-6-4-13-29-17/h4,6-13H,3,5,14H2,1-2H3,(H,24,25,26)/b12-11+. The molecule has 0 spiro atoms. The number of nitrogens with zero attached hydrogens (tertiary/aromatic N) is 4. The molecule has 4 aromatic rings. The van der Waals surface area contributed by atoms with Crippen LogP contribution < -0.4 is 5.32 Å². The van der Waals surface area contributed by atoms with E-state index in [0.717, 1.165) is 45.6 Å². The summed E-state index contributed by atoms with van der Waals surface area (Å²) in [6.07, 6.45) is 7.27. The molecule has 6 nitrogen and oxygen atoms in total. The molecule has 0 atom stereocenters. The second kappa shape index (κ2) is 8.61. The number of nitrogens with one attached hydrogen (secondary N) is 1. The van der Waals surface area contributed by atoms with E-state index in [-0.39, 0.29) is 0 Å². The maximum absolute atomic E-state index is 5.38. The summed E-state index contributed by atoms with van der Waals surface area (Å²) >= 11 is 3.48. The van der Waals surface area contributed by atoms with Gasteiger partial charge in [-0.1, -0.05) is 41.4 Å². The molecule has 0 saturated carbocycles. The number of benzene rings is 1. The lowest BCUT2D eigenvalue weighted by molar-refractivity contribution is 0.557. The fraction of sp³-hybridized carbons (Fsp3) is 0.227. The van der Waals surface area contributed by atoms with Gasteiger partial charge < -0.3 is 9.73 Å². The third-order valence-corrected chi connectivity index (χ3v) is 5.10. The van der Waals surface area contributed by atoms with Crippen LogP contribution in [0.2, 0.25) is 0 Å². The predicted molar refractivity (Wildman–Crippen MR) is 119 cm³/mol. The molecule has 0 unspecified atom stereocenters. The van der Waals surface area contributed by atoms with Crippen LogP contribution in [-0.4, -0.2) is 19.7 Å². The third kappa shape index (κ3) is 4.40. The molecule has 3 heterocycles. The fourth-order valence-electron chi connectivity index (χ4n) is 3.19. The molecule has 0 aliphatic carbocycles. The number of anilines is 1. The highest BCUT2D eigenvalue weighted by molar-refractivity contribution is 9.10. The summed E-state index contributed by atoms with van der Waals surface area (Å²) in [6.45, 7) is 2.81. The highest BCUT2D eigenvalue weighted by Crippen LogP contribution is 2.25. The van der Waals surface area contributed by atoms with E-state index in [4.69, 9.17) is 14.4 Å². The van der Waals surface area contributed by atoms with Crippen molar-refractivity contribution in [3.63, 3.8) is 0 Å². The van der Waals surface area contributed by atoms with Crippen LogP contribution in [-0.2, 0) is 20.0 Å². The van der Waals surface area contributed by atoms with Crippen LogP contribution in [0.15, 0.2) is 51.6 Å². The van der Waals surface area contributed by atoms with Crippen molar-refractivity contribution in [2.75, 3.05) is 5.32 Å². The number of aryl methyl sites for hydroxylation is 2. The van der Waals surface area contributed by atoms with Gasteiger partial charge in [0.15, 0.2) is 11.6 Å². The van der Waals surface area contributed by atoms with Gasteiger partial charge in [0.2, 0.25) is 0 Å². The van der Waals surface area contributed by atoms with Gasteiger partial charge in [-0.3, -0.25) is 4.68 Å². The van der Waals surface area contributed by atoms with Gasteiger partial charge in [-0.25, -0.2) is 9.97 Å². The first-order valence-electron chi connectivity index (χ1n) is 9.57. The van der Waals surface area contributed by atoms with Crippen molar-refractivity contribution in [1.82, 2.24) is 19.7 Å². The van der Waals surface area contributed by atoms with Crippen LogP contribution in [0.4, 0.5) is 5.82 Å². The topological polar surface area (TPSA) is 68.8 Å². The van der Waals surface area contributed by atoms with E-state index < -0.39 is 0 Å². The van der Waals surface area contributed by atoms with E-state index in [1.54, 1.807) is 6.26 Å². The van der Waals surface area contributed by atoms with Crippen molar-refractivity contribution in [1.29, 1.82) is 0 Å². The first-order valence-corrected chi connectivity index (χ1v) is 10.4. The Hall–Kier alpha value is -2.93. The van der Waals surface area contributed by atoms with Crippen molar-refractivity contribution in [3.8, 4) is 0 Å². The minimum Gasteiger partial charge on any atom is -0.465 e. The zero-order valence-corrected chi connectivity index (χ0v) is 18.0. The lowest BCUT2D eigenvalue weighted by Gasteiger charge is -2.09. The lowest BCUT2D eigenvalue weighted by Crippen LogP contribution is -2.06. The molecule has 148 valence electrons. The molecule has 7 heteroatoms. The summed E-state index contributed by atoms with van der Waals surface area (Å²) in [5.74, 6) is 2.16. The summed E-state index contributed by atoms with van der Waals surface area (Å²) in [7, 11) is 1.94. The maximum Gasteiger partial charge on any atom is 0.156 e. The van der Waals surface area contributed by atoms with Gasteiger partial charge in [0, 0.05) is 18.1 Å². The Kier molecular flexibility index (Phi) is 5.76. The van der Waals surface area contributed by atoms with E-state index in [1.807, 2.05) is 48.1 Å². The van der Waals surface area contributed by atoms with Crippen LogP contribution in [0.3, 0.4) is 0 Å². The molecule has 0 radical (unpaired) electrons. The highest BCUT2D eigenvalue weighted by Gasteiger charge is 2.16. The van der Waals surface area contributed by atoms with Gasteiger partial charge in [-0.05, 0) is 48.4 Å². The highest BCUT2D eigenvalue weighted by atomic mass is 79.9. The monoisotopic (exact) mass is 451 g/mol. The van der Waals surface area contributed by atoms with Crippen molar-refractivity contribution >= 4 is 44.9 Å². The van der Waals surface area contributed by atoms with Crippen LogP contribution in [0, 0.1) is 0 Å². The molecule has 0 aliphatic heterocycles. The zero-order chi connectivity index (χ0) is 20.2. The van der Waals surface area contributed by atoms with Gasteiger partial charge in [0.05, 0.1) is 12.0 Å². The number of aromatic nitrogens is 4. The summed E-state index contributed by atoms with van der Waals surface area (Å²) in [4.78, 5) is 9.52. The number of rotatable bonds is 7. The molecule has 0 fully saturated rings. The molecule has 29 heavy (non-hydrogen) atoms. The summed E-state index contributed by atoms with van der Waals surface area (Å²) in [6, 6.07) is 12.0. The summed E-state index contributed by atoms with van der Waals surface area (Å²) in [5, 5.41) is 8.15. The van der Waals surface area contributed by atoms with Gasteiger partial charge in [-0.15, -0.1) is 0 Å². The van der Waals surface area contributed by atoms with Gasteiger partial charge in [0.1, 0.15) is 16.8 Å². The molecular weight excluding hydrogens is 430 g/mol. The van der Waals surface area contributed by atoms with Crippen LogP contribution in [0.1, 0.15) is 36.2 Å². The molecule has 4 rings (SSSR count). The zero-order valence-electron chi connectivity index (χ0n) is 16.4. The predicted octanol–water partition coefficient (Wildman–Crippen LogP) is 5.45. The van der Waals surface area contributed by atoms with E-state index in [0.29, 0.717) is 12.4 Å². The average Bonchev–Trinajstić information content (AvgIpc) is 3.34. The quantitative estimate of drug-likeness (QED) is 0.404. The van der Waals surface area contributed by atoms with Gasteiger partial charge in [-0.2, -0.15) is 5.10 Å². The molecule has 1 aromatic carbocycles. The summed E-state index contributed by atoms with van der Waals surface area (Å²) in [5.41, 5.74) is 3.97. The first-order chi connectivity index (χ1) is 14.1. The fourth-order valence-corrected chi connectivity index (χ4v) is 3.46. The van der Waals surface area contributed by atoms with Gasteiger partial charge >= 0.3 is 0 Å². The van der Waals surface area contributed by atoms with E-state index in [2.05, 4.69) is 45.4 Å². The Morgan fingerprint density at radius 3 is 2.69 bits per heavy atom. The maximum atomic E-state index is 5.38. The number of hydrogen-bond acceptors (Lipinski definition) is 5. The second-order valence-electron chi connectivity index (χ2n) is 6.78. The molecule has 1 N–H and O–H groups in total. The Morgan fingerprint density at radius 1 is 1.14 bits per heavy atom. The van der Waals surface area contributed by atoms with E-state index in [1.165, 1.54) is 5.56 Å². The third-order valence-electron chi connectivity index (χ3n) is 4.57. The number of furan rings is 1. The Balaban J connectivity index is 1.72. The van der Waals surface area contributed by atoms with Crippen molar-refractivity contribution in [2.24, 2.45) is 7.05 Å². The van der Waals surface area contributed by atoms with Gasteiger partial charge in [0.25, 0.3) is 0 Å². The molecule has 0 saturated heterocycles. The second-order valence-corrected chi connectivity index (χ2v) is 7.69. The molecular formula is C22H22BrN5O. The number of hydrogen-bond donors (Lipinski definition) is 1. The SMILES string of the molecule is CCCc1nn(C)c2c(NCc3ccc(Br)cc3)nc(/C=C/c3ccco3)nc12. The minimum absolute atomic E-state index is 0.623. The number of fused-ring (bicyclic) bond motifs is 1. The van der Waals surface area contributed by atoms with Crippen molar-refractivity contribution in [3.05, 3.63) is 70.0 Å². The Bertz CT molecular complexity index is 1130. The molecule has 0 aliphatic rings. The Morgan fingerprint density at radius 2 is 1.97 bits per heavy atom. The molecule has 0 amide bonds. The minimum atomic E-state index is 0.623. The molecule has 3 aromatic heterocycles. The van der Waals surface area contributed by atoms with Crippen LogP contribution in [0.5, 0.6) is 0 Å². The first kappa shape index (κ1) is 19.4. The lowest BCUT2D eigenvalue weighted by atomic mass is 10.2. The van der Waals surface area contributed by atoms with E-state index >= 15 is 0 Å². The average molecular weight is 452 g/mol. The van der Waals surface area contributed by atoms with Crippen LogP contribution in [0.25, 0.3) is 23.2 Å².